The van der Waals surface area contributed by atoms with Crippen LogP contribution in [0.3, 0.4) is 0 Å². The summed E-state index contributed by atoms with van der Waals surface area (Å²) < 4.78 is 5.65. The second kappa shape index (κ2) is 6.90. The van der Waals surface area contributed by atoms with Crippen LogP contribution in [0.15, 0.2) is 42.5 Å². The second-order valence-electron chi connectivity index (χ2n) is 5.92. The first-order valence-corrected chi connectivity index (χ1v) is 7.75. The van der Waals surface area contributed by atoms with Gasteiger partial charge in [-0.3, -0.25) is 4.79 Å². The van der Waals surface area contributed by atoms with Crippen LogP contribution >= 0.6 is 0 Å². The Morgan fingerprint density at radius 2 is 2.09 bits per heavy atom. The first kappa shape index (κ1) is 15.0. The van der Waals surface area contributed by atoms with E-state index in [1.165, 1.54) is 10.8 Å². The normalized spacial score (nSPS) is 19.2. The van der Waals surface area contributed by atoms with Crippen LogP contribution in [0.5, 0.6) is 0 Å². The van der Waals surface area contributed by atoms with E-state index in [1.807, 2.05) is 18.2 Å². The Morgan fingerprint density at radius 3 is 2.91 bits per heavy atom. The molecule has 2 aromatic rings. The molecule has 1 amide bonds. The molecule has 0 aliphatic carbocycles. The highest BCUT2D eigenvalue weighted by atomic mass is 16.5. The SMILES string of the molecule is CN1CCO[C@H](CNC(=O)Cc2ccc3ccccc3c2)C1. The molecule has 4 heteroatoms. The molecule has 1 fully saturated rings. The number of amides is 1. The molecule has 0 saturated carbocycles. The van der Waals surface area contributed by atoms with Crippen LogP contribution in [-0.2, 0) is 16.0 Å². The summed E-state index contributed by atoms with van der Waals surface area (Å²) in [6, 6.07) is 14.4. The quantitative estimate of drug-likeness (QED) is 0.936. The van der Waals surface area contributed by atoms with E-state index in [9.17, 15) is 4.79 Å². The topological polar surface area (TPSA) is 41.6 Å². The minimum atomic E-state index is 0.0482. The fourth-order valence-electron chi connectivity index (χ4n) is 2.81. The van der Waals surface area contributed by atoms with Crippen LogP contribution in [0, 0.1) is 0 Å². The molecular formula is C18H22N2O2. The van der Waals surface area contributed by atoms with Gasteiger partial charge in [-0.15, -0.1) is 0 Å². The number of carbonyl (C=O) groups excluding carboxylic acids is 1. The lowest BCUT2D eigenvalue weighted by atomic mass is 10.0. The molecule has 2 aromatic carbocycles. The monoisotopic (exact) mass is 298 g/mol. The van der Waals surface area contributed by atoms with Crippen molar-refractivity contribution in [2.75, 3.05) is 33.3 Å². The zero-order valence-corrected chi connectivity index (χ0v) is 12.9. The van der Waals surface area contributed by atoms with Gasteiger partial charge in [-0.25, -0.2) is 0 Å². The molecule has 4 nitrogen and oxygen atoms in total. The van der Waals surface area contributed by atoms with E-state index in [0.29, 0.717) is 13.0 Å². The minimum Gasteiger partial charge on any atom is -0.374 e. The van der Waals surface area contributed by atoms with Gasteiger partial charge in [0.25, 0.3) is 0 Å². The zero-order chi connectivity index (χ0) is 15.4. The van der Waals surface area contributed by atoms with Crippen LogP contribution in [0.2, 0.25) is 0 Å². The number of morpholine rings is 1. The van der Waals surface area contributed by atoms with E-state index in [-0.39, 0.29) is 12.0 Å². The van der Waals surface area contributed by atoms with Crippen molar-refractivity contribution in [1.29, 1.82) is 0 Å². The highest BCUT2D eigenvalue weighted by molar-refractivity contribution is 5.85. The number of likely N-dealkylation sites (N-methyl/N-ethyl adjacent to an activating group) is 1. The van der Waals surface area contributed by atoms with E-state index < -0.39 is 0 Å². The summed E-state index contributed by atoms with van der Waals surface area (Å²) in [4.78, 5) is 14.3. The maximum absolute atomic E-state index is 12.1. The van der Waals surface area contributed by atoms with E-state index >= 15 is 0 Å². The molecule has 3 rings (SSSR count). The van der Waals surface area contributed by atoms with Crippen molar-refractivity contribution in [3.8, 4) is 0 Å². The van der Waals surface area contributed by atoms with Gasteiger partial charge in [0, 0.05) is 19.6 Å². The summed E-state index contributed by atoms with van der Waals surface area (Å²) in [6.07, 6.45) is 0.507. The summed E-state index contributed by atoms with van der Waals surface area (Å²) in [7, 11) is 2.08. The van der Waals surface area contributed by atoms with Gasteiger partial charge in [0.1, 0.15) is 0 Å². The summed E-state index contributed by atoms with van der Waals surface area (Å²) in [5.74, 6) is 0.0482. The lowest BCUT2D eigenvalue weighted by Crippen LogP contribution is -2.46. The number of hydrogen-bond acceptors (Lipinski definition) is 3. The molecule has 1 saturated heterocycles. The Bertz CT molecular complexity index is 656. The third-order valence-corrected chi connectivity index (χ3v) is 4.05. The fraction of sp³-hybridized carbons (Fsp3) is 0.389. The summed E-state index contributed by atoms with van der Waals surface area (Å²) >= 11 is 0. The van der Waals surface area contributed by atoms with Crippen molar-refractivity contribution in [1.82, 2.24) is 10.2 Å². The maximum atomic E-state index is 12.1. The number of carbonyl (C=O) groups is 1. The van der Waals surface area contributed by atoms with Crippen molar-refractivity contribution in [2.24, 2.45) is 0 Å². The second-order valence-corrected chi connectivity index (χ2v) is 5.92. The van der Waals surface area contributed by atoms with Crippen molar-refractivity contribution in [3.63, 3.8) is 0 Å². The van der Waals surface area contributed by atoms with E-state index in [1.54, 1.807) is 0 Å². The van der Waals surface area contributed by atoms with Crippen LogP contribution in [-0.4, -0.2) is 50.2 Å². The minimum absolute atomic E-state index is 0.0482. The first-order valence-electron chi connectivity index (χ1n) is 7.75. The van der Waals surface area contributed by atoms with Gasteiger partial charge in [0.15, 0.2) is 0 Å². The lowest BCUT2D eigenvalue weighted by Gasteiger charge is -2.30. The van der Waals surface area contributed by atoms with E-state index in [0.717, 1.165) is 25.3 Å². The van der Waals surface area contributed by atoms with E-state index in [4.69, 9.17) is 4.74 Å². The molecular weight excluding hydrogens is 276 g/mol. The van der Waals surface area contributed by atoms with Gasteiger partial charge in [0.05, 0.1) is 19.1 Å². The van der Waals surface area contributed by atoms with Crippen LogP contribution in [0.1, 0.15) is 5.56 Å². The molecule has 116 valence electrons. The Kier molecular flexibility index (Phi) is 4.71. The van der Waals surface area contributed by atoms with E-state index in [2.05, 4.69) is 41.5 Å². The third kappa shape index (κ3) is 3.84. The van der Waals surface area contributed by atoms with Gasteiger partial charge < -0.3 is 15.0 Å². The predicted octanol–water partition coefficient (Wildman–Crippen LogP) is 1.83. The molecule has 1 N–H and O–H groups in total. The third-order valence-electron chi connectivity index (χ3n) is 4.05. The molecule has 0 aromatic heterocycles. The zero-order valence-electron chi connectivity index (χ0n) is 12.9. The molecule has 1 heterocycles. The average Bonchev–Trinajstić information content (AvgIpc) is 2.53. The highest BCUT2D eigenvalue weighted by Crippen LogP contribution is 2.15. The average molecular weight is 298 g/mol. The number of benzene rings is 2. The first-order chi connectivity index (χ1) is 10.7. The number of nitrogens with zero attached hydrogens (tertiary/aromatic N) is 1. The van der Waals surface area contributed by atoms with Crippen molar-refractivity contribution in [3.05, 3.63) is 48.0 Å². The molecule has 0 unspecified atom stereocenters. The lowest BCUT2D eigenvalue weighted by molar-refractivity contribution is -0.121. The smallest absolute Gasteiger partial charge is 0.224 e. The summed E-state index contributed by atoms with van der Waals surface area (Å²) in [6.45, 7) is 3.15. The number of fused-ring (bicyclic) bond motifs is 1. The van der Waals surface area contributed by atoms with Gasteiger partial charge in [-0.1, -0.05) is 42.5 Å². The number of ether oxygens (including phenoxy) is 1. The Hall–Kier alpha value is -1.91. The van der Waals surface area contributed by atoms with Gasteiger partial charge in [0.2, 0.25) is 5.91 Å². The molecule has 0 bridgehead atoms. The standard InChI is InChI=1S/C18H22N2O2/c1-20-8-9-22-17(13-20)12-19-18(21)11-14-6-7-15-4-2-3-5-16(15)10-14/h2-7,10,17H,8-9,11-13H2,1H3,(H,19,21)/t17-/m1/s1. The predicted molar refractivity (Wildman–Crippen MR) is 87.9 cm³/mol. The molecule has 0 spiro atoms. The molecule has 1 aliphatic heterocycles. The number of hydrogen-bond donors (Lipinski definition) is 1. The number of nitrogens with one attached hydrogen (secondary N) is 1. The number of rotatable bonds is 4. The molecule has 1 aliphatic rings. The van der Waals surface area contributed by atoms with Crippen LogP contribution in [0.4, 0.5) is 0 Å². The highest BCUT2D eigenvalue weighted by Gasteiger charge is 2.18. The van der Waals surface area contributed by atoms with Crippen molar-refractivity contribution in [2.45, 2.75) is 12.5 Å². The van der Waals surface area contributed by atoms with Gasteiger partial charge in [-0.2, -0.15) is 0 Å². The van der Waals surface area contributed by atoms with Gasteiger partial charge in [-0.05, 0) is 23.4 Å². The summed E-state index contributed by atoms with van der Waals surface area (Å²) in [5.41, 5.74) is 1.04. The Balaban J connectivity index is 1.54. The molecule has 0 radical (unpaired) electrons. The maximum Gasteiger partial charge on any atom is 0.224 e. The fourth-order valence-corrected chi connectivity index (χ4v) is 2.81. The largest absolute Gasteiger partial charge is 0.374 e. The Morgan fingerprint density at radius 1 is 1.27 bits per heavy atom. The van der Waals surface area contributed by atoms with Crippen molar-refractivity contribution < 1.29 is 9.53 Å². The molecule has 1 atom stereocenters. The molecule has 22 heavy (non-hydrogen) atoms. The van der Waals surface area contributed by atoms with Crippen molar-refractivity contribution >= 4 is 16.7 Å². The van der Waals surface area contributed by atoms with Crippen LogP contribution in [0.25, 0.3) is 10.8 Å². The Labute approximate surface area is 131 Å². The summed E-state index contributed by atoms with van der Waals surface area (Å²) in [5, 5.41) is 5.35. The van der Waals surface area contributed by atoms with Crippen LogP contribution < -0.4 is 5.32 Å². The van der Waals surface area contributed by atoms with Gasteiger partial charge >= 0.3 is 0 Å².